The molecule has 0 spiro atoms. The third kappa shape index (κ3) is 1.13. The molecule has 66 valence electrons. The zero-order chi connectivity index (χ0) is 9.42. The van der Waals surface area contributed by atoms with Crippen LogP contribution in [0.3, 0.4) is 0 Å². The van der Waals surface area contributed by atoms with E-state index in [0.29, 0.717) is 0 Å². The van der Waals surface area contributed by atoms with Crippen molar-refractivity contribution in [3.05, 3.63) is 30.1 Å². The molecule has 13 heavy (non-hydrogen) atoms. The van der Waals surface area contributed by atoms with Gasteiger partial charge in [0.25, 0.3) is 0 Å². The molecule has 2 heterocycles. The van der Waals surface area contributed by atoms with Gasteiger partial charge >= 0.3 is 0 Å². The first-order chi connectivity index (χ1) is 6.20. The number of fused-ring (bicyclic) bond motifs is 1. The molecule has 0 aliphatic heterocycles. The molecule has 0 saturated heterocycles. The van der Waals surface area contributed by atoms with E-state index in [0.717, 1.165) is 16.7 Å². The van der Waals surface area contributed by atoms with E-state index in [-0.39, 0.29) is 5.91 Å². The van der Waals surface area contributed by atoms with Crippen LogP contribution in [0.4, 0.5) is 0 Å². The topological polar surface area (TPSA) is 34.9 Å². The van der Waals surface area contributed by atoms with Crippen LogP contribution in [0, 0.1) is 6.92 Å². The van der Waals surface area contributed by atoms with Gasteiger partial charge in [-0.1, -0.05) is 0 Å². The van der Waals surface area contributed by atoms with Gasteiger partial charge in [-0.2, -0.15) is 0 Å². The molecule has 0 radical (unpaired) electrons. The normalized spacial score (nSPS) is 10.6. The van der Waals surface area contributed by atoms with Crippen LogP contribution in [0.5, 0.6) is 0 Å². The first-order valence-electron chi connectivity index (χ1n) is 4.14. The Morgan fingerprint density at radius 3 is 3.00 bits per heavy atom. The maximum absolute atomic E-state index is 11.3. The van der Waals surface area contributed by atoms with E-state index in [1.54, 1.807) is 17.7 Å². The zero-order valence-corrected chi connectivity index (χ0v) is 7.61. The highest BCUT2D eigenvalue weighted by Crippen LogP contribution is 2.16. The van der Waals surface area contributed by atoms with Gasteiger partial charge < -0.3 is 0 Å². The maximum atomic E-state index is 11.3. The van der Waals surface area contributed by atoms with Crippen molar-refractivity contribution in [2.24, 2.45) is 0 Å². The molecular formula is C10H10N2O. The first kappa shape index (κ1) is 7.98. The summed E-state index contributed by atoms with van der Waals surface area (Å²) >= 11 is 0. The molecular weight excluding hydrogens is 164 g/mol. The van der Waals surface area contributed by atoms with E-state index in [1.807, 2.05) is 25.1 Å². The molecule has 0 bridgehead atoms. The molecule has 2 aromatic heterocycles. The van der Waals surface area contributed by atoms with E-state index in [9.17, 15) is 4.79 Å². The lowest BCUT2D eigenvalue weighted by Crippen LogP contribution is -2.07. The standard InChI is InChI=1S/C10H10N2O/c1-7-6-9-4-3-5-11-10(9)12(7)8(2)13/h3-6H,1-2H3. The van der Waals surface area contributed by atoms with E-state index in [4.69, 9.17) is 0 Å². The molecule has 0 atom stereocenters. The Bertz CT molecular complexity index is 471. The third-order valence-corrected chi connectivity index (χ3v) is 2.06. The summed E-state index contributed by atoms with van der Waals surface area (Å²) in [5, 5.41) is 1.01. The Labute approximate surface area is 76.0 Å². The van der Waals surface area contributed by atoms with Crippen molar-refractivity contribution in [3.8, 4) is 0 Å². The molecule has 0 aliphatic rings. The molecule has 0 aromatic carbocycles. The average Bonchev–Trinajstić information content (AvgIpc) is 2.39. The number of rotatable bonds is 0. The predicted octanol–water partition coefficient (Wildman–Crippen LogP) is 2.00. The molecule has 0 fully saturated rings. The highest BCUT2D eigenvalue weighted by atomic mass is 16.1. The Hall–Kier alpha value is -1.64. The SMILES string of the molecule is CC(=O)n1c(C)cc2cccnc21. The number of hydrogen-bond acceptors (Lipinski definition) is 2. The lowest BCUT2D eigenvalue weighted by Gasteiger charge is -1.99. The van der Waals surface area contributed by atoms with Crippen LogP contribution in [0.2, 0.25) is 0 Å². The molecule has 0 amide bonds. The molecule has 2 aromatic rings. The summed E-state index contributed by atoms with van der Waals surface area (Å²) < 4.78 is 1.62. The van der Waals surface area contributed by atoms with Gasteiger partial charge in [0.05, 0.1) is 0 Å². The lowest BCUT2D eigenvalue weighted by atomic mass is 10.3. The second-order valence-electron chi connectivity index (χ2n) is 3.06. The van der Waals surface area contributed by atoms with E-state index in [2.05, 4.69) is 4.98 Å². The minimum atomic E-state index is 0.00574. The summed E-state index contributed by atoms with van der Waals surface area (Å²) in [4.78, 5) is 15.4. The summed E-state index contributed by atoms with van der Waals surface area (Å²) in [5.74, 6) is 0.00574. The number of hydrogen-bond donors (Lipinski definition) is 0. The van der Waals surface area contributed by atoms with Gasteiger partial charge in [-0.05, 0) is 25.1 Å². The lowest BCUT2D eigenvalue weighted by molar-refractivity contribution is 0.0939. The van der Waals surface area contributed by atoms with Crippen LogP contribution in [-0.4, -0.2) is 15.5 Å². The quantitative estimate of drug-likeness (QED) is 0.612. The van der Waals surface area contributed by atoms with Gasteiger partial charge in [0.15, 0.2) is 0 Å². The summed E-state index contributed by atoms with van der Waals surface area (Å²) in [6.07, 6.45) is 1.70. The number of aryl methyl sites for hydroxylation is 1. The molecule has 0 saturated carbocycles. The second-order valence-corrected chi connectivity index (χ2v) is 3.06. The smallest absolute Gasteiger partial charge is 0.229 e. The van der Waals surface area contributed by atoms with Gasteiger partial charge in [0.1, 0.15) is 5.65 Å². The highest BCUT2D eigenvalue weighted by Gasteiger charge is 2.08. The van der Waals surface area contributed by atoms with Crippen LogP contribution in [0.1, 0.15) is 17.4 Å². The van der Waals surface area contributed by atoms with Gasteiger partial charge in [-0.3, -0.25) is 9.36 Å². The van der Waals surface area contributed by atoms with E-state index >= 15 is 0 Å². The number of carbonyl (C=O) groups excluding carboxylic acids is 1. The fourth-order valence-corrected chi connectivity index (χ4v) is 1.56. The minimum Gasteiger partial charge on any atom is -0.274 e. The van der Waals surface area contributed by atoms with Crippen molar-refractivity contribution < 1.29 is 4.79 Å². The molecule has 3 heteroatoms. The fraction of sp³-hybridized carbons (Fsp3) is 0.200. The van der Waals surface area contributed by atoms with Gasteiger partial charge in [0.2, 0.25) is 5.91 Å². The monoisotopic (exact) mass is 174 g/mol. The first-order valence-corrected chi connectivity index (χ1v) is 4.14. The zero-order valence-electron chi connectivity index (χ0n) is 7.61. The van der Waals surface area contributed by atoms with E-state index in [1.165, 1.54) is 0 Å². The minimum absolute atomic E-state index is 0.00574. The Kier molecular flexibility index (Phi) is 1.65. The Morgan fingerprint density at radius 1 is 1.54 bits per heavy atom. The number of pyridine rings is 1. The predicted molar refractivity (Wildman–Crippen MR) is 50.8 cm³/mol. The van der Waals surface area contributed by atoms with Gasteiger partial charge in [-0.15, -0.1) is 0 Å². The van der Waals surface area contributed by atoms with Crippen LogP contribution >= 0.6 is 0 Å². The van der Waals surface area contributed by atoms with Crippen molar-refractivity contribution in [3.63, 3.8) is 0 Å². The summed E-state index contributed by atoms with van der Waals surface area (Å²) in [5.41, 5.74) is 1.67. The maximum Gasteiger partial charge on any atom is 0.229 e. The molecule has 0 aliphatic carbocycles. The summed E-state index contributed by atoms with van der Waals surface area (Å²) in [6.45, 7) is 3.45. The van der Waals surface area contributed by atoms with Gasteiger partial charge in [0, 0.05) is 24.2 Å². The summed E-state index contributed by atoms with van der Waals surface area (Å²) in [6, 6.07) is 5.78. The highest BCUT2D eigenvalue weighted by molar-refractivity contribution is 5.90. The number of aromatic nitrogens is 2. The number of nitrogens with zero attached hydrogens (tertiary/aromatic N) is 2. The van der Waals surface area contributed by atoms with Crippen molar-refractivity contribution >= 4 is 16.9 Å². The van der Waals surface area contributed by atoms with Crippen molar-refractivity contribution in [2.75, 3.05) is 0 Å². The van der Waals surface area contributed by atoms with Crippen LogP contribution < -0.4 is 0 Å². The fourth-order valence-electron chi connectivity index (χ4n) is 1.56. The van der Waals surface area contributed by atoms with Crippen molar-refractivity contribution in [1.82, 2.24) is 9.55 Å². The Balaban J connectivity index is 2.86. The number of carbonyl (C=O) groups is 1. The van der Waals surface area contributed by atoms with E-state index < -0.39 is 0 Å². The Morgan fingerprint density at radius 2 is 2.31 bits per heavy atom. The van der Waals surface area contributed by atoms with Crippen LogP contribution in [-0.2, 0) is 0 Å². The molecule has 3 nitrogen and oxygen atoms in total. The molecule has 2 rings (SSSR count). The summed E-state index contributed by atoms with van der Waals surface area (Å²) in [7, 11) is 0. The van der Waals surface area contributed by atoms with Crippen molar-refractivity contribution in [1.29, 1.82) is 0 Å². The van der Waals surface area contributed by atoms with Crippen LogP contribution in [0.25, 0.3) is 11.0 Å². The second kappa shape index (κ2) is 2.69. The average molecular weight is 174 g/mol. The third-order valence-electron chi connectivity index (χ3n) is 2.06. The van der Waals surface area contributed by atoms with Gasteiger partial charge in [-0.25, -0.2) is 4.98 Å². The van der Waals surface area contributed by atoms with Crippen LogP contribution in [0.15, 0.2) is 24.4 Å². The largest absolute Gasteiger partial charge is 0.274 e. The molecule has 0 unspecified atom stereocenters. The molecule has 0 N–H and O–H groups in total. The van der Waals surface area contributed by atoms with Crippen molar-refractivity contribution in [2.45, 2.75) is 13.8 Å².